The maximum absolute atomic E-state index is 5.75. The lowest BCUT2D eigenvalue weighted by Crippen LogP contribution is -2.30. The SMILES string of the molecule is COc1ccc(Br)c(CC(NN)c2ccc(Br)cc2Br)c1. The van der Waals surface area contributed by atoms with Gasteiger partial charge in [0, 0.05) is 13.4 Å². The highest BCUT2D eigenvalue weighted by molar-refractivity contribution is 9.11. The highest BCUT2D eigenvalue weighted by Crippen LogP contribution is 2.31. The minimum absolute atomic E-state index is 0.00381. The molecule has 0 bridgehead atoms. The van der Waals surface area contributed by atoms with Crippen molar-refractivity contribution >= 4 is 47.8 Å². The van der Waals surface area contributed by atoms with Crippen molar-refractivity contribution in [2.75, 3.05) is 7.11 Å². The standard InChI is InChI=1S/C15H15Br3N2O/c1-21-11-3-5-13(17)9(6-11)7-15(20-19)12-4-2-10(16)8-14(12)18/h2-6,8,15,20H,7,19H2,1H3. The first-order valence-corrected chi connectivity index (χ1v) is 8.66. The van der Waals surface area contributed by atoms with Crippen molar-refractivity contribution in [3.8, 4) is 5.75 Å². The van der Waals surface area contributed by atoms with Gasteiger partial charge in [0.1, 0.15) is 5.75 Å². The van der Waals surface area contributed by atoms with Crippen molar-refractivity contribution in [3.05, 3.63) is 60.9 Å². The Morgan fingerprint density at radius 1 is 1.10 bits per heavy atom. The lowest BCUT2D eigenvalue weighted by molar-refractivity contribution is 0.413. The fraction of sp³-hybridized carbons (Fsp3) is 0.200. The lowest BCUT2D eigenvalue weighted by atomic mass is 9.99. The van der Waals surface area contributed by atoms with Crippen LogP contribution < -0.4 is 16.0 Å². The van der Waals surface area contributed by atoms with Crippen LogP contribution in [0.3, 0.4) is 0 Å². The number of nitrogens with one attached hydrogen (secondary N) is 1. The molecule has 3 nitrogen and oxygen atoms in total. The minimum atomic E-state index is -0.00381. The van der Waals surface area contributed by atoms with Crippen LogP contribution in [0.4, 0.5) is 0 Å². The van der Waals surface area contributed by atoms with E-state index in [4.69, 9.17) is 10.6 Å². The van der Waals surface area contributed by atoms with Crippen LogP contribution in [-0.4, -0.2) is 7.11 Å². The zero-order valence-electron chi connectivity index (χ0n) is 11.4. The molecule has 0 aromatic heterocycles. The number of rotatable bonds is 5. The number of methoxy groups -OCH3 is 1. The van der Waals surface area contributed by atoms with E-state index in [1.807, 2.05) is 36.4 Å². The molecule has 112 valence electrons. The molecule has 3 N–H and O–H groups in total. The predicted octanol–water partition coefficient (Wildman–Crippen LogP) is 4.73. The summed E-state index contributed by atoms with van der Waals surface area (Å²) in [5, 5.41) is 0. The van der Waals surface area contributed by atoms with Gasteiger partial charge in [0.25, 0.3) is 0 Å². The molecule has 0 heterocycles. The van der Waals surface area contributed by atoms with Crippen LogP contribution in [0.1, 0.15) is 17.2 Å². The molecule has 0 saturated heterocycles. The van der Waals surface area contributed by atoms with Crippen LogP contribution in [0, 0.1) is 0 Å². The van der Waals surface area contributed by atoms with E-state index in [9.17, 15) is 0 Å². The molecule has 0 aliphatic heterocycles. The molecule has 21 heavy (non-hydrogen) atoms. The largest absolute Gasteiger partial charge is 0.497 e. The Morgan fingerprint density at radius 2 is 1.86 bits per heavy atom. The van der Waals surface area contributed by atoms with E-state index in [0.717, 1.165) is 36.7 Å². The fourth-order valence-electron chi connectivity index (χ4n) is 2.10. The summed E-state index contributed by atoms with van der Waals surface area (Å²) in [6.07, 6.45) is 0.745. The van der Waals surface area contributed by atoms with Gasteiger partial charge in [-0.05, 0) is 47.9 Å². The van der Waals surface area contributed by atoms with E-state index in [-0.39, 0.29) is 6.04 Å². The van der Waals surface area contributed by atoms with E-state index < -0.39 is 0 Å². The van der Waals surface area contributed by atoms with Crippen molar-refractivity contribution in [1.29, 1.82) is 0 Å². The van der Waals surface area contributed by atoms with Gasteiger partial charge in [-0.15, -0.1) is 0 Å². The number of halogens is 3. The molecule has 0 aliphatic carbocycles. The van der Waals surface area contributed by atoms with Crippen molar-refractivity contribution in [2.24, 2.45) is 5.84 Å². The topological polar surface area (TPSA) is 47.3 Å². The Morgan fingerprint density at radius 3 is 2.48 bits per heavy atom. The van der Waals surface area contributed by atoms with E-state index in [2.05, 4.69) is 53.2 Å². The Bertz CT molecular complexity index is 634. The summed E-state index contributed by atoms with van der Waals surface area (Å²) in [6, 6.07) is 12.0. The van der Waals surface area contributed by atoms with Crippen LogP contribution in [-0.2, 0) is 6.42 Å². The minimum Gasteiger partial charge on any atom is -0.497 e. The fourth-order valence-corrected chi connectivity index (χ4v) is 3.83. The quantitative estimate of drug-likeness (QED) is 0.482. The summed E-state index contributed by atoms with van der Waals surface area (Å²) in [5.74, 6) is 6.58. The maximum Gasteiger partial charge on any atom is 0.119 e. The van der Waals surface area contributed by atoms with Gasteiger partial charge >= 0.3 is 0 Å². The number of benzene rings is 2. The van der Waals surface area contributed by atoms with E-state index >= 15 is 0 Å². The lowest BCUT2D eigenvalue weighted by Gasteiger charge is -2.19. The molecule has 0 fully saturated rings. The van der Waals surface area contributed by atoms with Crippen molar-refractivity contribution in [2.45, 2.75) is 12.5 Å². The zero-order valence-corrected chi connectivity index (χ0v) is 16.1. The third-order valence-corrected chi connectivity index (χ3v) is 5.17. The van der Waals surface area contributed by atoms with E-state index in [1.54, 1.807) is 7.11 Å². The van der Waals surface area contributed by atoms with Crippen LogP contribution in [0.2, 0.25) is 0 Å². The smallest absolute Gasteiger partial charge is 0.119 e. The molecular formula is C15H15Br3N2O. The second-order valence-corrected chi connectivity index (χ2v) is 7.17. The third kappa shape index (κ3) is 4.29. The second kappa shape index (κ2) is 7.74. The highest BCUT2D eigenvalue weighted by atomic mass is 79.9. The molecule has 0 radical (unpaired) electrons. The molecule has 2 aromatic rings. The Hall–Kier alpha value is -0.400. The monoisotopic (exact) mass is 476 g/mol. The summed E-state index contributed by atoms with van der Waals surface area (Å²) in [4.78, 5) is 0. The van der Waals surface area contributed by atoms with Crippen LogP contribution >= 0.6 is 47.8 Å². The number of hydrogen-bond donors (Lipinski definition) is 2. The molecule has 1 atom stereocenters. The summed E-state index contributed by atoms with van der Waals surface area (Å²) in [5.41, 5.74) is 5.12. The van der Waals surface area contributed by atoms with Gasteiger partial charge in [0.2, 0.25) is 0 Å². The molecule has 0 spiro atoms. The van der Waals surface area contributed by atoms with Crippen LogP contribution in [0.25, 0.3) is 0 Å². The van der Waals surface area contributed by atoms with Crippen molar-refractivity contribution in [1.82, 2.24) is 5.43 Å². The van der Waals surface area contributed by atoms with E-state index in [1.165, 1.54) is 0 Å². The third-order valence-electron chi connectivity index (χ3n) is 3.22. The van der Waals surface area contributed by atoms with Gasteiger partial charge in [0.15, 0.2) is 0 Å². The average molecular weight is 479 g/mol. The molecule has 2 rings (SSSR count). The van der Waals surface area contributed by atoms with Crippen molar-refractivity contribution < 1.29 is 4.74 Å². The average Bonchev–Trinajstić information content (AvgIpc) is 2.47. The molecule has 0 aliphatic rings. The number of hydrazine groups is 1. The first kappa shape index (κ1) is 17.0. The zero-order chi connectivity index (χ0) is 15.4. The summed E-state index contributed by atoms with van der Waals surface area (Å²) in [7, 11) is 1.66. The first-order chi connectivity index (χ1) is 10.0. The molecule has 2 aromatic carbocycles. The molecular weight excluding hydrogens is 464 g/mol. The molecule has 6 heteroatoms. The van der Waals surface area contributed by atoms with Gasteiger partial charge in [-0.25, -0.2) is 0 Å². The van der Waals surface area contributed by atoms with Crippen LogP contribution in [0.5, 0.6) is 5.75 Å². The summed E-state index contributed by atoms with van der Waals surface area (Å²) >= 11 is 10.6. The van der Waals surface area contributed by atoms with Gasteiger partial charge in [-0.2, -0.15) is 0 Å². The summed E-state index contributed by atoms with van der Waals surface area (Å²) in [6.45, 7) is 0. The summed E-state index contributed by atoms with van der Waals surface area (Å²) < 4.78 is 8.36. The van der Waals surface area contributed by atoms with Gasteiger partial charge < -0.3 is 4.74 Å². The highest BCUT2D eigenvalue weighted by Gasteiger charge is 2.16. The van der Waals surface area contributed by atoms with E-state index in [0.29, 0.717) is 0 Å². The van der Waals surface area contributed by atoms with Gasteiger partial charge in [-0.3, -0.25) is 11.3 Å². The molecule has 1 unspecified atom stereocenters. The van der Waals surface area contributed by atoms with Gasteiger partial charge in [-0.1, -0.05) is 53.9 Å². The van der Waals surface area contributed by atoms with Gasteiger partial charge in [0.05, 0.1) is 13.2 Å². The number of hydrogen-bond acceptors (Lipinski definition) is 3. The second-order valence-electron chi connectivity index (χ2n) is 4.55. The van der Waals surface area contributed by atoms with Crippen molar-refractivity contribution in [3.63, 3.8) is 0 Å². The predicted molar refractivity (Wildman–Crippen MR) is 96.3 cm³/mol. The van der Waals surface area contributed by atoms with Crippen LogP contribution in [0.15, 0.2) is 49.8 Å². The number of nitrogens with two attached hydrogens (primary N) is 1. The number of ether oxygens (including phenoxy) is 1. The Kier molecular flexibility index (Phi) is 6.25. The Balaban J connectivity index is 2.30. The Labute approximate surface area is 149 Å². The molecule has 0 saturated carbocycles. The maximum atomic E-state index is 5.75. The molecule has 0 amide bonds. The normalized spacial score (nSPS) is 12.2. The first-order valence-electron chi connectivity index (χ1n) is 6.28.